The van der Waals surface area contributed by atoms with Gasteiger partial charge in [-0.2, -0.15) is 0 Å². The van der Waals surface area contributed by atoms with Gasteiger partial charge in [-0.15, -0.1) is 0 Å². The highest BCUT2D eigenvalue weighted by molar-refractivity contribution is 9.10. The summed E-state index contributed by atoms with van der Waals surface area (Å²) >= 11 is 3.46. The maximum Gasteiger partial charge on any atom is 0.0957 e. The molecule has 0 amide bonds. The number of hydrogen-bond acceptors (Lipinski definition) is 1. The summed E-state index contributed by atoms with van der Waals surface area (Å²) in [5.41, 5.74) is 2.27. The second-order valence-electron chi connectivity index (χ2n) is 3.73. The van der Waals surface area contributed by atoms with Gasteiger partial charge in [0.2, 0.25) is 0 Å². The summed E-state index contributed by atoms with van der Waals surface area (Å²) in [6.45, 7) is 0.927. The zero-order chi connectivity index (χ0) is 9.71. The number of fused-ring (bicyclic) bond motifs is 3. The third kappa shape index (κ3) is 1.06. The first-order valence-electron chi connectivity index (χ1n) is 4.72. The highest BCUT2D eigenvalue weighted by Crippen LogP contribution is 2.33. The number of hydrogen-bond donors (Lipinski definition) is 1. The summed E-state index contributed by atoms with van der Waals surface area (Å²) in [6, 6.07) is 8.30. The average Bonchev–Trinajstić information content (AvgIpc) is 2.67. The predicted molar refractivity (Wildman–Crippen MR) is 59.2 cm³/mol. The molecule has 1 atom stereocenters. The molecule has 2 heterocycles. The van der Waals surface area contributed by atoms with E-state index in [1.807, 2.05) is 6.07 Å². The molecule has 14 heavy (non-hydrogen) atoms. The minimum atomic E-state index is -0.277. The molecule has 0 radical (unpaired) electrons. The Morgan fingerprint density at radius 3 is 3.07 bits per heavy atom. The van der Waals surface area contributed by atoms with E-state index in [-0.39, 0.29) is 6.10 Å². The van der Waals surface area contributed by atoms with Crippen LogP contribution in [0.4, 0.5) is 0 Å². The topological polar surface area (TPSA) is 25.2 Å². The molecule has 3 rings (SSSR count). The van der Waals surface area contributed by atoms with Gasteiger partial charge in [0, 0.05) is 27.6 Å². The van der Waals surface area contributed by atoms with Crippen LogP contribution in [0.3, 0.4) is 0 Å². The van der Waals surface area contributed by atoms with Crippen molar-refractivity contribution in [3.05, 3.63) is 34.4 Å². The Hall–Kier alpha value is -0.800. The van der Waals surface area contributed by atoms with Crippen molar-refractivity contribution in [3.63, 3.8) is 0 Å². The Labute approximate surface area is 90.3 Å². The van der Waals surface area contributed by atoms with E-state index in [0.29, 0.717) is 0 Å². The van der Waals surface area contributed by atoms with Crippen LogP contribution in [0.1, 0.15) is 18.2 Å². The van der Waals surface area contributed by atoms with Crippen LogP contribution >= 0.6 is 15.9 Å². The third-order valence-corrected chi connectivity index (χ3v) is 3.36. The fourth-order valence-electron chi connectivity index (χ4n) is 2.17. The molecule has 0 bridgehead atoms. The van der Waals surface area contributed by atoms with E-state index in [0.717, 1.165) is 23.1 Å². The second-order valence-corrected chi connectivity index (χ2v) is 4.64. The fourth-order valence-corrected chi connectivity index (χ4v) is 2.52. The van der Waals surface area contributed by atoms with Crippen LogP contribution in [0, 0.1) is 0 Å². The SMILES string of the molecule is OC1CCn2c1cc1ccc(Br)cc12. The number of benzene rings is 1. The minimum Gasteiger partial charge on any atom is -0.387 e. The Morgan fingerprint density at radius 1 is 1.36 bits per heavy atom. The molecule has 2 aromatic rings. The lowest BCUT2D eigenvalue weighted by molar-refractivity contribution is 0.180. The van der Waals surface area contributed by atoms with E-state index >= 15 is 0 Å². The number of aliphatic hydroxyl groups is 1. The van der Waals surface area contributed by atoms with Gasteiger partial charge < -0.3 is 9.67 Å². The first-order chi connectivity index (χ1) is 6.75. The van der Waals surface area contributed by atoms with Crippen LogP contribution in [0.5, 0.6) is 0 Å². The summed E-state index contributed by atoms with van der Waals surface area (Å²) in [6.07, 6.45) is 0.568. The van der Waals surface area contributed by atoms with Crippen LogP contribution in [0.15, 0.2) is 28.7 Å². The van der Waals surface area contributed by atoms with Crippen molar-refractivity contribution in [3.8, 4) is 0 Å². The van der Waals surface area contributed by atoms with Crippen LogP contribution < -0.4 is 0 Å². The van der Waals surface area contributed by atoms with Gasteiger partial charge in [-0.1, -0.05) is 22.0 Å². The predicted octanol–water partition coefficient (Wildman–Crippen LogP) is 2.84. The summed E-state index contributed by atoms with van der Waals surface area (Å²) < 4.78 is 3.29. The standard InChI is InChI=1S/C11H10BrNO/c12-8-2-1-7-5-10-11(14)3-4-13(10)9(7)6-8/h1-2,5-6,11,14H,3-4H2. The van der Waals surface area contributed by atoms with E-state index in [9.17, 15) is 5.11 Å². The van der Waals surface area contributed by atoms with Gasteiger partial charge >= 0.3 is 0 Å². The lowest BCUT2D eigenvalue weighted by atomic mass is 10.2. The largest absolute Gasteiger partial charge is 0.387 e. The van der Waals surface area contributed by atoms with Gasteiger partial charge in [-0.05, 0) is 24.6 Å². The first-order valence-corrected chi connectivity index (χ1v) is 5.52. The highest BCUT2D eigenvalue weighted by Gasteiger charge is 2.22. The smallest absolute Gasteiger partial charge is 0.0957 e. The lowest BCUT2D eigenvalue weighted by Crippen LogP contribution is -1.91. The van der Waals surface area contributed by atoms with Crippen molar-refractivity contribution in [1.82, 2.24) is 4.57 Å². The lowest BCUT2D eigenvalue weighted by Gasteiger charge is -1.99. The van der Waals surface area contributed by atoms with E-state index < -0.39 is 0 Å². The van der Waals surface area contributed by atoms with E-state index in [4.69, 9.17) is 0 Å². The molecule has 1 N–H and O–H groups in total. The molecule has 0 aliphatic carbocycles. The van der Waals surface area contributed by atoms with Crippen LogP contribution in [0.2, 0.25) is 0 Å². The van der Waals surface area contributed by atoms with E-state index in [1.54, 1.807) is 0 Å². The molecule has 2 nitrogen and oxygen atoms in total. The number of halogens is 1. The average molecular weight is 252 g/mol. The molecule has 0 spiro atoms. The quantitative estimate of drug-likeness (QED) is 0.766. The van der Waals surface area contributed by atoms with Gasteiger partial charge in [0.05, 0.1) is 6.10 Å². The van der Waals surface area contributed by atoms with Gasteiger partial charge in [0.25, 0.3) is 0 Å². The highest BCUT2D eigenvalue weighted by atomic mass is 79.9. The second kappa shape index (κ2) is 2.84. The van der Waals surface area contributed by atoms with Crippen molar-refractivity contribution < 1.29 is 5.11 Å². The van der Waals surface area contributed by atoms with Crippen molar-refractivity contribution in [2.75, 3.05) is 0 Å². The monoisotopic (exact) mass is 251 g/mol. The summed E-state index contributed by atoms with van der Waals surface area (Å²) in [5, 5.41) is 10.9. The first kappa shape index (κ1) is 8.50. The third-order valence-electron chi connectivity index (χ3n) is 2.87. The zero-order valence-corrected chi connectivity index (χ0v) is 9.16. The van der Waals surface area contributed by atoms with Gasteiger partial charge in [-0.25, -0.2) is 0 Å². The minimum absolute atomic E-state index is 0.277. The van der Waals surface area contributed by atoms with Gasteiger partial charge in [0.15, 0.2) is 0 Å². The number of aryl methyl sites for hydroxylation is 1. The van der Waals surface area contributed by atoms with Gasteiger partial charge in [0.1, 0.15) is 0 Å². The molecule has 0 saturated heterocycles. The zero-order valence-electron chi connectivity index (χ0n) is 7.57. The van der Waals surface area contributed by atoms with Crippen molar-refractivity contribution in [2.45, 2.75) is 19.1 Å². The van der Waals surface area contributed by atoms with E-state index in [2.05, 4.69) is 38.7 Å². The summed E-state index contributed by atoms with van der Waals surface area (Å²) in [4.78, 5) is 0. The summed E-state index contributed by atoms with van der Waals surface area (Å²) in [5.74, 6) is 0. The van der Waals surface area contributed by atoms with Gasteiger partial charge in [-0.3, -0.25) is 0 Å². The fraction of sp³-hybridized carbons (Fsp3) is 0.273. The molecule has 0 fully saturated rings. The van der Waals surface area contributed by atoms with E-state index in [1.165, 1.54) is 10.9 Å². The molecule has 1 aromatic carbocycles. The molecule has 0 saturated carbocycles. The number of nitrogens with zero attached hydrogens (tertiary/aromatic N) is 1. The molecule has 1 aliphatic heterocycles. The Balaban J connectivity index is 2.36. The molecular formula is C11H10BrNO. The van der Waals surface area contributed by atoms with Crippen LogP contribution in [0.25, 0.3) is 10.9 Å². The maximum absolute atomic E-state index is 9.72. The molecule has 1 aromatic heterocycles. The maximum atomic E-state index is 9.72. The number of aromatic nitrogens is 1. The number of aliphatic hydroxyl groups excluding tert-OH is 1. The Bertz CT molecular complexity index is 503. The molecule has 1 unspecified atom stereocenters. The normalized spacial score (nSPS) is 20.3. The molecule has 3 heteroatoms. The molecular weight excluding hydrogens is 242 g/mol. The molecule has 1 aliphatic rings. The summed E-state index contributed by atoms with van der Waals surface area (Å²) in [7, 11) is 0. The number of rotatable bonds is 0. The van der Waals surface area contributed by atoms with Crippen molar-refractivity contribution in [2.24, 2.45) is 0 Å². The molecule has 72 valence electrons. The Morgan fingerprint density at radius 2 is 2.21 bits per heavy atom. The van der Waals surface area contributed by atoms with Crippen LogP contribution in [-0.2, 0) is 6.54 Å². The van der Waals surface area contributed by atoms with Crippen molar-refractivity contribution >= 4 is 26.8 Å². The van der Waals surface area contributed by atoms with Crippen LogP contribution in [-0.4, -0.2) is 9.67 Å². The Kier molecular flexibility index (Phi) is 1.73. The van der Waals surface area contributed by atoms with Crippen molar-refractivity contribution in [1.29, 1.82) is 0 Å².